The molecular weight excluding hydrogens is 324 g/mol. The Morgan fingerprint density at radius 1 is 1.08 bits per heavy atom. The Kier molecular flexibility index (Phi) is 4.65. The summed E-state index contributed by atoms with van der Waals surface area (Å²) >= 11 is 0. The van der Waals surface area contributed by atoms with Gasteiger partial charge in [-0.25, -0.2) is 0 Å². The Balaban J connectivity index is 1.58. The van der Waals surface area contributed by atoms with Gasteiger partial charge in [0.15, 0.2) is 5.78 Å². The van der Waals surface area contributed by atoms with Crippen LogP contribution < -0.4 is 0 Å². The van der Waals surface area contributed by atoms with E-state index in [4.69, 9.17) is 0 Å². The van der Waals surface area contributed by atoms with Gasteiger partial charge in [0.1, 0.15) is 0 Å². The predicted molar refractivity (Wildman–Crippen MR) is 100 cm³/mol. The van der Waals surface area contributed by atoms with Gasteiger partial charge in [-0.05, 0) is 42.5 Å². The number of rotatable bonds is 4. The molecule has 132 valence electrons. The molecule has 1 unspecified atom stereocenters. The van der Waals surface area contributed by atoms with Crippen molar-refractivity contribution in [3.05, 3.63) is 71.6 Å². The van der Waals surface area contributed by atoms with Crippen molar-refractivity contribution < 1.29 is 9.59 Å². The van der Waals surface area contributed by atoms with Gasteiger partial charge < -0.3 is 4.90 Å². The Bertz CT molecular complexity index is 843. The number of carbonyl (C=O) groups excluding carboxylic acids is 2. The van der Waals surface area contributed by atoms with E-state index in [1.807, 2.05) is 53.4 Å². The number of hydrogen-bond donors (Lipinski definition) is 0. The fourth-order valence-corrected chi connectivity index (χ4v) is 4.07. The van der Waals surface area contributed by atoms with Crippen LogP contribution in [0.4, 0.5) is 0 Å². The van der Waals surface area contributed by atoms with Crippen LogP contribution in [0.1, 0.15) is 49.4 Å². The van der Waals surface area contributed by atoms with Crippen LogP contribution in [0.3, 0.4) is 0 Å². The largest absolute Gasteiger partial charge is 0.334 e. The number of carbonyl (C=O) groups is 2. The van der Waals surface area contributed by atoms with Crippen molar-refractivity contribution in [2.45, 2.75) is 38.1 Å². The fraction of sp³-hybridized carbons (Fsp3) is 0.318. The molecule has 1 amide bonds. The van der Waals surface area contributed by atoms with Crippen molar-refractivity contribution in [1.29, 1.82) is 0 Å². The smallest absolute Gasteiger partial charge is 0.227 e. The number of aromatic nitrogens is 1. The zero-order chi connectivity index (χ0) is 17.9. The molecule has 1 aromatic heterocycles. The number of benzene rings is 1. The number of amides is 1. The van der Waals surface area contributed by atoms with E-state index in [2.05, 4.69) is 4.98 Å². The molecule has 1 aliphatic carbocycles. The third kappa shape index (κ3) is 3.19. The van der Waals surface area contributed by atoms with E-state index in [-0.39, 0.29) is 24.2 Å². The predicted octanol–water partition coefficient (Wildman–Crippen LogP) is 3.95. The van der Waals surface area contributed by atoms with Gasteiger partial charge in [0.2, 0.25) is 5.91 Å². The van der Waals surface area contributed by atoms with Crippen LogP contribution in [0.25, 0.3) is 5.57 Å². The van der Waals surface area contributed by atoms with Crippen LogP contribution >= 0.6 is 0 Å². The highest BCUT2D eigenvalue weighted by molar-refractivity contribution is 6.10. The molecule has 0 saturated carbocycles. The van der Waals surface area contributed by atoms with Crippen LogP contribution in [0.5, 0.6) is 0 Å². The van der Waals surface area contributed by atoms with Crippen molar-refractivity contribution in [2.24, 2.45) is 0 Å². The lowest BCUT2D eigenvalue weighted by molar-refractivity contribution is -0.132. The van der Waals surface area contributed by atoms with Crippen LogP contribution in [-0.2, 0) is 9.59 Å². The maximum Gasteiger partial charge on any atom is 0.227 e. The first-order chi connectivity index (χ1) is 12.7. The Hall–Kier alpha value is -2.75. The Labute approximate surface area is 153 Å². The lowest BCUT2D eigenvalue weighted by atomic mass is 9.99. The van der Waals surface area contributed by atoms with E-state index in [0.717, 1.165) is 42.6 Å². The zero-order valence-electron chi connectivity index (χ0n) is 14.7. The molecule has 1 atom stereocenters. The molecule has 4 heteroatoms. The summed E-state index contributed by atoms with van der Waals surface area (Å²) in [5.41, 5.74) is 3.74. The summed E-state index contributed by atoms with van der Waals surface area (Å²) in [6, 6.07) is 15.8. The Morgan fingerprint density at radius 2 is 1.88 bits per heavy atom. The van der Waals surface area contributed by atoms with Crippen molar-refractivity contribution in [3.63, 3.8) is 0 Å². The quantitative estimate of drug-likeness (QED) is 0.842. The molecule has 4 nitrogen and oxygen atoms in total. The molecular formula is C22H22N2O2. The van der Waals surface area contributed by atoms with Gasteiger partial charge in [0.25, 0.3) is 0 Å². The van der Waals surface area contributed by atoms with Gasteiger partial charge in [-0.15, -0.1) is 0 Å². The zero-order valence-corrected chi connectivity index (χ0v) is 14.7. The Morgan fingerprint density at radius 3 is 2.65 bits per heavy atom. The SMILES string of the molecule is O=C1CCC(c2ccccc2)=C1CC(=O)N1CCCC1c1ccccn1. The molecule has 1 aliphatic heterocycles. The van der Waals surface area contributed by atoms with Crippen molar-refractivity contribution in [3.8, 4) is 0 Å². The number of likely N-dealkylation sites (tertiary alicyclic amines) is 1. The number of nitrogens with zero attached hydrogens (tertiary/aromatic N) is 2. The summed E-state index contributed by atoms with van der Waals surface area (Å²) < 4.78 is 0. The molecule has 0 spiro atoms. The number of pyridine rings is 1. The van der Waals surface area contributed by atoms with Gasteiger partial charge in [0.05, 0.1) is 18.2 Å². The summed E-state index contributed by atoms with van der Waals surface area (Å²) in [6.07, 6.45) is 5.12. The molecule has 1 fully saturated rings. The van der Waals surface area contributed by atoms with Gasteiger partial charge in [-0.2, -0.15) is 0 Å². The highest BCUT2D eigenvalue weighted by Gasteiger charge is 2.33. The maximum atomic E-state index is 13.0. The second-order valence-electron chi connectivity index (χ2n) is 6.92. The lowest BCUT2D eigenvalue weighted by Crippen LogP contribution is -2.31. The lowest BCUT2D eigenvalue weighted by Gasteiger charge is -2.24. The van der Waals surface area contributed by atoms with E-state index in [1.165, 1.54) is 0 Å². The van der Waals surface area contributed by atoms with Crippen molar-refractivity contribution in [1.82, 2.24) is 9.88 Å². The molecule has 0 N–H and O–H groups in total. The van der Waals surface area contributed by atoms with Gasteiger partial charge in [-0.3, -0.25) is 14.6 Å². The molecule has 1 saturated heterocycles. The number of Topliss-reactive ketones (excluding diaryl/α,β-unsaturated/α-hetero) is 1. The first kappa shape index (κ1) is 16.7. The minimum atomic E-state index is 0.0287. The third-order valence-corrected chi connectivity index (χ3v) is 5.36. The van der Waals surface area contributed by atoms with Crippen molar-refractivity contribution in [2.75, 3.05) is 6.54 Å². The van der Waals surface area contributed by atoms with Crippen LogP contribution in [-0.4, -0.2) is 28.1 Å². The highest BCUT2D eigenvalue weighted by Crippen LogP contribution is 2.36. The molecule has 2 heterocycles. The minimum absolute atomic E-state index is 0.0287. The molecule has 1 aromatic carbocycles. The molecule has 2 aliphatic rings. The molecule has 0 bridgehead atoms. The minimum Gasteiger partial charge on any atom is -0.334 e. The maximum absolute atomic E-state index is 13.0. The van der Waals surface area contributed by atoms with E-state index < -0.39 is 0 Å². The second-order valence-corrected chi connectivity index (χ2v) is 6.92. The third-order valence-electron chi connectivity index (χ3n) is 5.36. The summed E-state index contributed by atoms with van der Waals surface area (Å²) in [5.74, 6) is 0.155. The first-order valence-corrected chi connectivity index (χ1v) is 9.25. The molecule has 4 rings (SSSR count). The number of ketones is 1. The summed E-state index contributed by atoms with van der Waals surface area (Å²) in [4.78, 5) is 31.8. The second kappa shape index (κ2) is 7.24. The average molecular weight is 346 g/mol. The van der Waals surface area contributed by atoms with Crippen LogP contribution in [0.2, 0.25) is 0 Å². The van der Waals surface area contributed by atoms with Gasteiger partial charge >= 0.3 is 0 Å². The fourth-order valence-electron chi connectivity index (χ4n) is 4.07. The van der Waals surface area contributed by atoms with Gasteiger partial charge in [-0.1, -0.05) is 36.4 Å². The molecule has 0 radical (unpaired) electrons. The van der Waals surface area contributed by atoms with E-state index in [1.54, 1.807) is 6.20 Å². The number of hydrogen-bond acceptors (Lipinski definition) is 3. The molecule has 2 aromatic rings. The summed E-state index contributed by atoms with van der Waals surface area (Å²) in [7, 11) is 0. The highest BCUT2D eigenvalue weighted by atomic mass is 16.2. The van der Waals surface area contributed by atoms with Crippen molar-refractivity contribution >= 4 is 17.3 Å². The first-order valence-electron chi connectivity index (χ1n) is 9.25. The van der Waals surface area contributed by atoms with E-state index in [0.29, 0.717) is 12.0 Å². The normalized spacial score (nSPS) is 20.1. The average Bonchev–Trinajstić information content (AvgIpc) is 3.31. The van der Waals surface area contributed by atoms with Gasteiger partial charge in [0, 0.05) is 24.7 Å². The summed E-state index contributed by atoms with van der Waals surface area (Å²) in [5, 5.41) is 0. The topological polar surface area (TPSA) is 50.3 Å². The van der Waals surface area contributed by atoms with E-state index >= 15 is 0 Å². The van der Waals surface area contributed by atoms with E-state index in [9.17, 15) is 9.59 Å². The van der Waals surface area contributed by atoms with Crippen LogP contribution in [0.15, 0.2) is 60.3 Å². The monoisotopic (exact) mass is 346 g/mol. The van der Waals surface area contributed by atoms with Crippen LogP contribution in [0, 0.1) is 0 Å². The molecule has 26 heavy (non-hydrogen) atoms. The summed E-state index contributed by atoms with van der Waals surface area (Å²) in [6.45, 7) is 0.738. The standard InChI is InChI=1S/C22H22N2O2/c25-21-12-11-17(16-7-2-1-3-8-16)18(21)15-22(26)24-14-6-10-20(24)19-9-4-5-13-23-19/h1-5,7-9,13,20H,6,10-12,14-15H2. The number of allylic oxidation sites excluding steroid dienone is 1.